The Labute approximate surface area is 203 Å². The standard InChI is InChI=1S/C25H32BrN3O4/c1-4-16(2)27-23(31)17(3)29(15-18-9-11-19(26)12-10-18)22(30)13-14-28-24(32)20-7-5-6-8-21(20)25(28)33/h5-6,9-12,16-17,20-21H,4,7-8,13-15H2,1-3H3,(H,27,31)/t16-,17-,20-,21+/m1/s1. The number of benzene rings is 1. The molecule has 0 spiro atoms. The first-order chi connectivity index (χ1) is 15.7. The topological polar surface area (TPSA) is 86.8 Å². The lowest BCUT2D eigenvalue weighted by Gasteiger charge is -2.30. The highest BCUT2D eigenvalue weighted by Gasteiger charge is 2.47. The van der Waals surface area contributed by atoms with Crippen molar-refractivity contribution in [1.29, 1.82) is 0 Å². The van der Waals surface area contributed by atoms with Gasteiger partial charge in [-0.15, -0.1) is 0 Å². The quantitative estimate of drug-likeness (QED) is 0.401. The van der Waals surface area contributed by atoms with Crippen molar-refractivity contribution in [2.24, 2.45) is 11.8 Å². The molecule has 1 saturated heterocycles. The summed E-state index contributed by atoms with van der Waals surface area (Å²) in [7, 11) is 0. The summed E-state index contributed by atoms with van der Waals surface area (Å²) in [6, 6.07) is 6.88. The second kappa shape index (κ2) is 11.1. The molecule has 8 heteroatoms. The fourth-order valence-corrected chi connectivity index (χ4v) is 4.54. The lowest BCUT2D eigenvalue weighted by Crippen LogP contribution is -2.50. The number of imide groups is 1. The van der Waals surface area contributed by atoms with Gasteiger partial charge < -0.3 is 10.2 Å². The second-order valence-corrected chi connectivity index (χ2v) is 9.79. The van der Waals surface area contributed by atoms with E-state index in [0.29, 0.717) is 12.8 Å². The zero-order chi connectivity index (χ0) is 24.1. The molecule has 7 nitrogen and oxygen atoms in total. The zero-order valence-corrected chi connectivity index (χ0v) is 21.0. The van der Waals surface area contributed by atoms with Gasteiger partial charge >= 0.3 is 0 Å². The molecule has 4 amide bonds. The molecule has 1 aliphatic heterocycles. The number of nitrogens with zero attached hydrogens (tertiary/aromatic N) is 2. The Hall–Kier alpha value is -2.48. The molecule has 3 rings (SSSR count). The van der Waals surface area contributed by atoms with Crippen LogP contribution in [0.5, 0.6) is 0 Å². The largest absolute Gasteiger partial charge is 0.352 e. The summed E-state index contributed by atoms with van der Waals surface area (Å²) in [5, 5.41) is 2.94. The van der Waals surface area contributed by atoms with Crippen LogP contribution in [0.2, 0.25) is 0 Å². The fraction of sp³-hybridized carbons (Fsp3) is 0.520. The number of hydrogen-bond donors (Lipinski definition) is 1. The van der Waals surface area contributed by atoms with Crippen molar-refractivity contribution in [2.45, 2.75) is 65.1 Å². The van der Waals surface area contributed by atoms with Gasteiger partial charge in [0.15, 0.2) is 0 Å². The molecular weight excluding hydrogens is 486 g/mol. The van der Waals surface area contributed by atoms with E-state index in [2.05, 4.69) is 21.2 Å². The summed E-state index contributed by atoms with van der Waals surface area (Å²) in [5.41, 5.74) is 0.889. The normalized spacial score (nSPS) is 21.5. The van der Waals surface area contributed by atoms with Gasteiger partial charge in [0.25, 0.3) is 0 Å². The maximum atomic E-state index is 13.3. The Balaban J connectivity index is 1.71. The van der Waals surface area contributed by atoms with Crippen LogP contribution in [0.4, 0.5) is 0 Å². The molecule has 2 aliphatic rings. The van der Waals surface area contributed by atoms with Gasteiger partial charge in [0.05, 0.1) is 11.8 Å². The molecule has 0 radical (unpaired) electrons. The summed E-state index contributed by atoms with van der Waals surface area (Å²) in [6.07, 6.45) is 5.80. The molecule has 178 valence electrons. The highest BCUT2D eigenvalue weighted by Crippen LogP contribution is 2.35. The van der Waals surface area contributed by atoms with Gasteiger partial charge in [-0.05, 0) is 50.8 Å². The first kappa shape index (κ1) is 25.1. The number of halogens is 1. The van der Waals surface area contributed by atoms with E-state index in [-0.39, 0.29) is 61.0 Å². The number of likely N-dealkylation sites (tertiary alicyclic amines) is 1. The van der Waals surface area contributed by atoms with Gasteiger partial charge in [-0.2, -0.15) is 0 Å². The highest BCUT2D eigenvalue weighted by molar-refractivity contribution is 9.10. The third-order valence-corrected chi connectivity index (χ3v) is 7.11. The van der Waals surface area contributed by atoms with E-state index in [1.807, 2.05) is 50.3 Å². The van der Waals surface area contributed by atoms with Crippen molar-refractivity contribution in [2.75, 3.05) is 6.54 Å². The lowest BCUT2D eigenvalue weighted by molar-refractivity contribution is -0.143. The van der Waals surface area contributed by atoms with Crippen LogP contribution < -0.4 is 5.32 Å². The average molecular weight is 518 g/mol. The molecule has 1 aliphatic carbocycles. The molecule has 0 unspecified atom stereocenters. The van der Waals surface area contributed by atoms with Crippen LogP contribution in [-0.2, 0) is 25.7 Å². The first-order valence-corrected chi connectivity index (χ1v) is 12.4. The van der Waals surface area contributed by atoms with Crippen LogP contribution in [0.25, 0.3) is 0 Å². The summed E-state index contributed by atoms with van der Waals surface area (Å²) < 4.78 is 0.925. The third kappa shape index (κ3) is 5.91. The Morgan fingerprint density at radius 1 is 1.09 bits per heavy atom. The lowest BCUT2D eigenvalue weighted by atomic mass is 9.85. The maximum Gasteiger partial charge on any atom is 0.242 e. The predicted molar refractivity (Wildman–Crippen MR) is 129 cm³/mol. The SMILES string of the molecule is CC[C@@H](C)NC(=O)[C@@H](C)N(Cc1ccc(Br)cc1)C(=O)CCN1C(=O)[C@H]2CC=CC[C@H]2C1=O. The summed E-state index contributed by atoms with van der Waals surface area (Å²) >= 11 is 3.41. The minimum absolute atomic E-state index is 0.00128. The first-order valence-electron chi connectivity index (χ1n) is 11.6. The molecule has 1 aromatic carbocycles. The summed E-state index contributed by atoms with van der Waals surface area (Å²) in [6.45, 7) is 5.92. The van der Waals surface area contributed by atoms with Crippen LogP contribution in [0.1, 0.15) is 52.0 Å². The van der Waals surface area contributed by atoms with Gasteiger partial charge in [-0.3, -0.25) is 24.1 Å². The summed E-state index contributed by atoms with van der Waals surface area (Å²) in [5.74, 6) is -1.49. The molecule has 0 aromatic heterocycles. The number of amides is 4. The summed E-state index contributed by atoms with van der Waals surface area (Å²) in [4.78, 5) is 54.3. The zero-order valence-electron chi connectivity index (χ0n) is 19.4. The van der Waals surface area contributed by atoms with Gasteiger partial charge in [0.1, 0.15) is 6.04 Å². The molecule has 0 saturated carbocycles. The van der Waals surface area contributed by atoms with Gasteiger partial charge in [0, 0.05) is 30.0 Å². The number of carbonyl (C=O) groups excluding carboxylic acids is 4. The van der Waals surface area contributed by atoms with Crippen LogP contribution in [0, 0.1) is 11.8 Å². The second-order valence-electron chi connectivity index (χ2n) is 8.88. The van der Waals surface area contributed by atoms with E-state index in [1.54, 1.807) is 6.92 Å². The molecule has 1 aromatic rings. The van der Waals surface area contributed by atoms with Crippen molar-refractivity contribution in [3.63, 3.8) is 0 Å². The van der Waals surface area contributed by atoms with Crippen molar-refractivity contribution >= 4 is 39.6 Å². The van der Waals surface area contributed by atoms with E-state index in [9.17, 15) is 19.2 Å². The molecule has 1 heterocycles. The molecular formula is C25H32BrN3O4. The molecule has 33 heavy (non-hydrogen) atoms. The Kier molecular flexibility index (Phi) is 8.46. The fourth-order valence-electron chi connectivity index (χ4n) is 4.28. The van der Waals surface area contributed by atoms with Gasteiger partial charge in [-0.1, -0.05) is 47.1 Å². The number of allylic oxidation sites excluding steroid dienone is 2. The van der Waals surface area contributed by atoms with E-state index in [1.165, 1.54) is 9.80 Å². The van der Waals surface area contributed by atoms with Crippen LogP contribution in [0.15, 0.2) is 40.9 Å². The van der Waals surface area contributed by atoms with Crippen molar-refractivity contribution < 1.29 is 19.2 Å². The van der Waals surface area contributed by atoms with Crippen molar-refractivity contribution in [3.8, 4) is 0 Å². The van der Waals surface area contributed by atoms with Crippen molar-refractivity contribution in [3.05, 3.63) is 46.5 Å². The highest BCUT2D eigenvalue weighted by atomic mass is 79.9. The molecule has 4 atom stereocenters. The average Bonchev–Trinajstić information content (AvgIpc) is 3.06. The Bertz CT molecular complexity index is 904. The van der Waals surface area contributed by atoms with Gasteiger partial charge in [0.2, 0.25) is 23.6 Å². The maximum absolute atomic E-state index is 13.3. The van der Waals surface area contributed by atoms with E-state index in [0.717, 1.165) is 16.5 Å². The molecule has 1 N–H and O–H groups in total. The Morgan fingerprint density at radius 3 is 2.21 bits per heavy atom. The smallest absolute Gasteiger partial charge is 0.242 e. The number of hydrogen-bond acceptors (Lipinski definition) is 4. The minimum atomic E-state index is -0.688. The van der Waals surface area contributed by atoms with Crippen LogP contribution in [0.3, 0.4) is 0 Å². The van der Waals surface area contributed by atoms with Crippen molar-refractivity contribution in [1.82, 2.24) is 15.1 Å². The minimum Gasteiger partial charge on any atom is -0.352 e. The third-order valence-electron chi connectivity index (χ3n) is 6.58. The van der Waals surface area contributed by atoms with Crippen LogP contribution in [-0.4, -0.2) is 52.1 Å². The predicted octanol–water partition coefficient (Wildman–Crippen LogP) is 3.42. The van der Waals surface area contributed by atoms with Gasteiger partial charge in [-0.25, -0.2) is 0 Å². The number of carbonyl (C=O) groups is 4. The van der Waals surface area contributed by atoms with E-state index >= 15 is 0 Å². The Morgan fingerprint density at radius 2 is 1.67 bits per heavy atom. The number of fused-ring (bicyclic) bond motifs is 1. The molecule has 1 fully saturated rings. The van der Waals surface area contributed by atoms with Crippen LogP contribution >= 0.6 is 15.9 Å². The molecule has 0 bridgehead atoms. The monoisotopic (exact) mass is 517 g/mol. The number of nitrogens with one attached hydrogen (secondary N) is 1. The van der Waals surface area contributed by atoms with E-state index < -0.39 is 6.04 Å². The van der Waals surface area contributed by atoms with E-state index in [4.69, 9.17) is 0 Å². The number of rotatable bonds is 9.